The van der Waals surface area contributed by atoms with Gasteiger partial charge in [-0.05, 0) is 37.1 Å². The van der Waals surface area contributed by atoms with Crippen LogP contribution in [-0.2, 0) is 24.8 Å². The Kier molecular flexibility index (Phi) is 6.88. The smallest absolute Gasteiger partial charge is 0.422 e. The molecule has 10 heteroatoms. The Morgan fingerprint density at radius 1 is 1.16 bits per heavy atom. The van der Waals surface area contributed by atoms with Crippen molar-refractivity contribution >= 4 is 28.5 Å². The molecule has 0 aliphatic carbocycles. The molecule has 172 valence electrons. The van der Waals surface area contributed by atoms with E-state index in [4.69, 9.17) is 21.1 Å². The van der Waals surface area contributed by atoms with Crippen molar-refractivity contribution in [1.29, 1.82) is 0 Å². The topological polar surface area (TPSA) is 62.5 Å². The summed E-state index contributed by atoms with van der Waals surface area (Å²) in [4.78, 5) is 26.0. The van der Waals surface area contributed by atoms with Gasteiger partial charge in [0.2, 0.25) is 0 Å². The number of aryl methyl sites for hydroxylation is 2. The van der Waals surface area contributed by atoms with E-state index in [-0.39, 0.29) is 24.2 Å². The Labute approximate surface area is 187 Å². The van der Waals surface area contributed by atoms with Crippen molar-refractivity contribution in [3.63, 3.8) is 0 Å². The molecule has 0 fully saturated rings. The van der Waals surface area contributed by atoms with Gasteiger partial charge in [-0.15, -0.1) is 0 Å². The monoisotopic (exact) mass is 470 g/mol. The van der Waals surface area contributed by atoms with Crippen molar-refractivity contribution < 1.29 is 27.4 Å². The van der Waals surface area contributed by atoms with Crippen molar-refractivity contribution in [1.82, 2.24) is 9.13 Å². The molecule has 0 saturated carbocycles. The number of fused-ring (bicyclic) bond motifs is 1. The van der Waals surface area contributed by atoms with Crippen molar-refractivity contribution in [3.8, 4) is 5.75 Å². The fraction of sp³-hybridized carbons (Fsp3) is 0.364. The van der Waals surface area contributed by atoms with Crippen LogP contribution in [0.5, 0.6) is 5.75 Å². The third-order valence-corrected chi connectivity index (χ3v) is 5.22. The van der Waals surface area contributed by atoms with Gasteiger partial charge >= 0.3 is 12.1 Å². The SMILES string of the molecule is CCOC(=O)c1c(OCC(F)(F)F)c2c(=O)n(Cc3ccc(Cl)cc3)c(CC)cc2n1C. The first kappa shape index (κ1) is 23.7. The molecule has 0 aliphatic rings. The second-order valence-electron chi connectivity index (χ2n) is 7.13. The number of halogens is 4. The van der Waals surface area contributed by atoms with Crippen LogP contribution in [-0.4, -0.2) is 34.5 Å². The molecule has 32 heavy (non-hydrogen) atoms. The number of hydrogen-bond acceptors (Lipinski definition) is 4. The third-order valence-electron chi connectivity index (χ3n) is 4.97. The molecule has 1 aromatic carbocycles. The second kappa shape index (κ2) is 9.28. The Hall–Kier alpha value is -2.94. The fourth-order valence-corrected chi connectivity index (χ4v) is 3.64. The maximum absolute atomic E-state index is 13.5. The zero-order valence-electron chi connectivity index (χ0n) is 17.8. The van der Waals surface area contributed by atoms with E-state index in [1.165, 1.54) is 16.2 Å². The van der Waals surface area contributed by atoms with Crippen LogP contribution in [0.4, 0.5) is 13.2 Å². The van der Waals surface area contributed by atoms with E-state index in [1.807, 2.05) is 6.92 Å². The Morgan fingerprint density at radius 3 is 2.38 bits per heavy atom. The summed E-state index contributed by atoms with van der Waals surface area (Å²) in [6, 6.07) is 8.56. The van der Waals surface area contributed by atoms with Crippen molar-refractivity contribution in [2.75, 3.05) is 13.2 Å². The Balaban J connectivity index is 2.26. The number of pyridine rings is 1. The van der Waals surface area contributed by atoms with Gasteiger partial charge in [-0.3, -0.25) is 4.79 Å². The molecule has 0 saturated heterocycles. The predicted octanol–water partition coefficient (Wildman–Crippen LogP) is 4.72. The van der Waals surface area contributed by atoms with Gasteiger partial charge in [0.05, 0.1) is 18.7 Å². The summed E-state index contributed by atoms with van der Waals surface area (Å²) in [6.45, 7) is 1.97. The summed E-state index contributed by atoms with van der Waals surface area (Å²) < 4.78 is 51.5. The normalized spacial score (nSPS) is 11.7. The summed E-state index contributed by atoms with van der Waals surface area (Å²) in [6.07, 6.45) is -4.17. The zero-order valence-corrected chi connectivity index (χ0v) is 18.5. The number of carbonyl (C=O) groups excluding carboxylic acids is 1. The van der Waals surface area contributed by atoms with E-state index in [0.29, 0.717) is 22.7 Å². The van der Waals surface area contributed by atoms with E-state index in [2.05, 4.69) is 0 Å². The number of aromatic nitrogens is 2. The lowest BCUT2D eigenvalue weighted by atomic mass is 10.1. The van der Waals surface area contributed by atoms with Crippen molar-refractivity contribution in [2.45, 2.75) is 33.0 Å². The first-order valence-electron chi connectivity index (χ1n) is 9.93. The average Bonchev–Trinajstić information content (AvgIpc) is 3.01. The molecule has 0 N–H and O–H groups in total. The minimum atomic E-state index is -4.65. The standard InChI is InChI=1S/C22H22ClF3N2O4/c1-4-15-10-16-17(20(29)28(15)11-13-6-8-14(23)9-7-13)19(32-12-22(24,25)26)18(27(16)3)21(30)31-5-2/h6-10H,4-5,11-12H2,1-3H3. The molecular formula is C22H22ClF3N2O4. The number of benzene rings is 1. The van der Waals surface area contributed by atoms with Crippen LogP contribution in [0.15, 0.2) is 35.1 Å². The summed E-state index contributed by atoms with van der Waals surface area (Å²) in [5.74, 6) is -1.30. The molecule has 0 unspecified atom stereocenters. The lowest BCUT2D eigenvalue weighted by Gasteiger charge is -2.14. The molecular weight excluding hydrogens is 449 g/mol. The van der Waals surface area contributed by atoms with E-state index in [1.54, 1.807) is 37.3 Å². The highest BCUT2D eigenvalue weighted by atomic mass is 35.5. The van der Waals surface area contributed by atoms with E-state index in [9.17, 15) is 22.8 Å². The predicted molar refractivity (Wildman–Crippen MR) is 115 cm³/mol. The molecule has 0 spiro atoms. The molecule has 3 rings (SSSR count). The van der Waals surface area contributed by atoms with Crippen molar-refractivity contribution in [2.24, 2.45) is 7.05 Å². The Morgan fingerprint density at radius 2 is 1.81 bits per heavy atom. The quantitative estimate of drug-likeness (QED) is 0.469. The summed E-state index contributed by atoms with van der Waals surface area (Å²) in [5.41, 5.74) is 0.923. The number of hydrogen-bond donors (Lipinski definition) is 0. The van der Waals surface area contributed by atoms with Gasteiger partial charge < -0.3 is 18.6 Å². The first-order valence-corrected chi connectivity index (χ1v) is 10.3. The molecule has 6 nitrogen and oxygen atoms in total. The minimum absolute atomic E-state index is 0.0140. The maximum Gasteiger partial charge on any atom is 0.422 e. The van der Waals surface area contributed by atoms with Crippen LogP contribution in [0.2, 0.25) is 5.02 Å². The molecule has 0 bridgehead atoms. The molecule has 0 radical (unpaired) electrons. The summed E-state index contributed by atoms with van der Waals surface area (Å²) in [7, 11) is 1.48. The highest BCUT2D eigenvalue weighted by Gasteiger charge is 2.33. The van der Waals surface area contributed by atoms with Gasteiger partial charge in [-0.1, -0.05) is 30.7 Å². The average molecular weight is 471 g/mol. The van der Waals surface area contributed by atoms with Gasteiger partial charge in [0.15, 0.2) is 18.1 Å². The number of alkyl halides is 3. The van der Waals surface area contributed by atoms with Gasteiger partial charge in [-0.25, -0.2) is 4.79 Å². The second-order valence-corrected chi connectivity index (χ2v) is 7.56. The van der Waals surface area contributed by atoms with Gasteiger partial charge in [0, 0.05) is 17.8 Å². The largest absolute Gasteiger partial charge is 0.481 e. The van der Waals surface area contributed by atoms with E-state index in [0.717, 1.165) is 5.56 Å². The van der Waals surface area contributed by atoms with Gasteiger partial charge in [0.25, 0.3) is 5.56 Å². The molecule has 0 atom stereocenters. The summed E-state index contributed by atoms with van der Waals surface area (Å²) in [5, 5.41) is 0.434. The minimum Gasteiger partial charge on any atom is -0.481 e. The van der Waals surface area contributed by atoms with Gasteiger partial charge in [-0.2, -0.15) is 13.2 Å². The van der Waals surface area contributed by atoms with E-state index >= 15 is 0 Å². The molecule has 2 aromatic heterocycles. The maximum atomic E-state index is 13.5. The highest BCUT2D eigenvalue weighted by molar-refractivity contribution is 6.30. The van der Waals surface area contributed by atoms with Crippen LogP contribution in [0, 0.1) is 0 Å². The fourth-order valence-electron chi connectivity index (χ4n) is 3.51. The third kappa shape index (κ3) is 4.77. The number of ether oxygens (including phenoxy) is 2. The number of rotatable bonds is 7. The zero-order chi connectivity index (χ0) is 23.6. The number of nitrogens with zero attached hydrogens (tertiary/aromatic N) is 2. The highest BCUT2D eigenvalue weighted by Crippen LogP contribution is 2.33. The lowest BCUT2D eigenvalue weighted by Crippen LogP contribution is -2.25. The van der Waals surface area contributed by atoms with Crippen molar-refractivity contribution in [3.05, 3.63) is 62.7 Å². The van der Waals surface area contributed by atoms with Crippen LogP contribution in [0.1, 0.15) is 35.6 Å². The number of esters is 1. The molecule has 0 aliphatic heterocycles. The summed E-state index contributed by atoms with van der Waals surface area (Å²) >= 11 is 5.93. The molecule has 3 aromatic rings. The Bertz CT molecular complexity index is 1200. The molecule has 0 amide bonds. The van der Waals surface area contributed by atoms with E-state index < -0.39 is 30.1 Å². The first-order chi connectivity index (χ1) is 15.1. The van der Waals surface area contributed by atoms with Crippen LogP contribution in [0.25, 0.3) is 10.9 Å². The lowest BCUT2D eigenvalue weighted by molar-refractivity contribution is -0.153. The van der Waals surface area contributed by atoms with Crippen LogP contribution < -0.4 is 10.3 Å². The number of carbonyl (C=O) groups is 1. The van der Waals surface area contributed by atoms with Crippen LogP contribution >= 0.6 is 11.6 Å². The van der Waals surface area contributed by atoms with Gasteiger partial charge in [0.1, 0.15) is 5.39 Å². The van der Waals surface area contributed by atoms with Crippen LogP contribution in [0.3, 0.4) is 0 Å². The molecule has 2 heterocycles.